The Hall–Kier alpha value is -1.96. The zero-order chi connectivity index (χ0) is 11.9. The molecule has 0 unspecified atom stereocenters. The fraction of sp³-hybridized carbons (Fsp3) is 0.125. The molecule has 1 heterocycles. The Morgan fingerprint density at radius 1 is 1.44 bits per heavy atom. The molecular formula is C8H7N3O4S. The summed E-state index contributed by atoms with van der Waals surface area (Å²) in [4.78, 5) is 10.0. The second-order valence-corrected chi connectivity index (χ2v) is 4.58. The number of hydrogen-bond acceptors (Lipinski definition) is 4. The van der Waals surface area contributed by atoms with Crippen molar-refractivity contribution in [3.63, 3.8) is 0 Å². The molecule has 0 atom stereocenters. The van der Waals surface area contributed by atoms with Gasteiger partial charge in [0.15, 0.2) is 0 Å². The van der Waals surface area contributed by atoms with E-state index in [9.17, 15) is 18.5 Å². The Labute approximate surface area is 91.1 Å². The van der Waals surface area contributed by atoms with Crippen molar-refractivity contribution in [1.29, 1.82) is 0 Å². The summed E-state index contributed by atoms with van der Waals surface area (Å²) in [7, 11) is -3.71. The van der Waals surface area contributed by atoms with E-state index < -0.39 is 15.1 Å². The third-order valence-electron chi connectivity index (χ3n) is 2.10. The summed E-state index contributed by atoms with van der Waals surface area (Å²) in [6.07, 6.45) is 0. The third-order valence-corrected chi connectivity index (χ3v) is 3.09. The van der Waals surface area contributed by atoms with Crippen LogP contribution in [0.25, 0.3) is 0 Å². The highest BCUT2D eigenvalue weighted by Gasteiger charge is 2.22. The number of fused-ring (bicyclic) bond motifs is 1. The van der Waals surface area contributed by atoms with Crippen molar-refractivity contribution >= 4 is 27.3 Å². The zero-order valence-corrected chi connectivity index (χ0v) is 8.98. The Bertz CT molecular complexity index is 606. The number of non-ortho nitro benzene ring substituents is 1. The standard InChI is InChI=1S/C8H7N3O4S/c1-5-7-4-6(11(12)13)2-3-8(7)10-16(14,15)9-5/h2-4,10H,1H3. The maximum Gasteiger partial charge on any atom is 0.342 e. The summed E-state index contributed by atoms with van der Waals surface area (Å²) in [6, 6.07) is 3.87. The minimum atomic E-state index is -3.71. The van der Waals surface area contributed by atoms with Gasteiger partial charge in [0.1, 0.15) is 0 Å². The molecule has 0 bridgehead atoms. The van der Waals surface area contributed by atoms with E-state index in [0.29, 0.717) is 11.3 Å². The lowest BCUT2D eigenvalue weighted by atomic mass is 10.1. The molecule has 0 amide bonds. The molecule has 1 N–H and O–H groups in total. The van der Waals surface area contributed by atoms with Crippen LogP contribution >= 0.6 is 0 Å². The van der Waals surface area contributed by atoms with Crippen molar-refractivity contribution in [2.24, 2.45) is 4.40 Å². The normalized spacial score (nSPS) is 16.9. The van der Waals surface area contributed by atoms with Crippen LogP contribution in [-0.4, -0.2) is 19.1 Å². The molecule has 16 heavy (non-hydrogen) atoms. The number of rotatable bonds is 1. The van der Waals surface area contributed by atoms with Gasteiger partial charge in [-0.05, 0) is 13.0 Å². The van der Waals surface area contributed by atoms with E-state index in [1.165, 1.54) is 25.1 Å². The molecule has 8 heteroatoms. The second-order valence-electron chi connectivity index (χ2n) is 3.24. The van der Waals surface area contributed by atoms with E-state index in [1.807, 2.05) is 0 Å². The van der Waals surface area contributed by atoms with Gasteiger partial charge >= 0.3 is 10.2 Å². The molecule has 0 radical (unpaired) electrons. The Morgan fingerprint density at radius 3 is 2.75 bits per heavy atom. The highest BCUT2D eigenvalue weighted by Crippen LogP contribution is 2.27. The number of nitro benzene ring substituents is 1. The Kier molecular flexibility index (Phi) is 2.16. The summed E-state index contributed by atoms with van der Waals surface area (Å²) < 4.78 is 28.0. The van der Waals surface area contributed by atoms with Crippen molar-refractivity contribution in [3.05, 3.63) is 33.9 Å². The van der Waals surface area contributed by atoms with Gasteiger partial charge in [0, 0.05) is 17.7 Å². The lowest BCUT2D eigenvalue weighted by molar-refractivity contribution is -0.384. The molecule has 1 aromatic carbocycles. The molecule has 1 aromatic rings. The molecule has 0 saturated heterocycles. The monoisotopic (exact) mass is 241 g/mol. The largest absolute Gasteiger partial charge is 0.342 e. The minimum absolute atomic E-state index is 0.102. The highest BCUT2D eigenvalue weighted by atomic mass is 32.2. The van der Waals surface area contributed by atoms with E-state index in [2.05, 4.69) is 9.12 Å². The molecule has 7 nitrogen and oxygen atoms in total. The van der Waals surface area contributed by atoms with Crippen molar-refractivity contribution < 1.29 is 13.3 Å². The first-order valence-electron chi connectivity index (χ1n) is 4.27. The van der Waals surface area contributed by atoms with Crippen molar-refractivity contribution in [2.75, 3.05) is 4.72 Å². The summed E-state index contributed by atoms with van der Waals surface area (Å²) in [6.45, 7) is 1.49. The molecule has 0 fully saturated rings. The van der Waals surface area contributed by atoms with Crippen molar-refractivity contribution in [2.45, 2.75) is 6.92 Å². The summed E-state index contributed by atoms with van der Waals surface area (Å²) in [5, 5.41) is 10.5. The van der Waals surface area contributed by atoms with Crippen LogP contribution in [0.15, 0.2) is 22.6 Å². The third kappa shape index (κ3) is 1.74. The molecular weight excluding hydrogens is 234 g/mol. The number of anilines is 1. The lowest BCUT2D eigenvalue weighted by Gasteiger charge is -2.15. The number of nitro groups is 1. The van der Waals surface area contributed by atoms with Gasteiger partial charge in [0.05, 0.1) is 16.3 Å². The van der Waals surface area contributed by atoms with Gasteiger partial charge in [0.2, 0.25) is 0 Å². The first kappa shape index (κ1) is 10.6. The maximum atomic E-state index is 11.2. The SMILES string of the molecule is CC1=NS(=O)(=O)Nc2ccc([N+](=O)[O-])cc21. The summed E-state index contributed by atoms with van der Waals surface area (Å²) in [5.41, 5.74) is 0.856. The Balaban J connectivity index is 2.63. The molecule has 0 saturated carbocycles. The van der Waals surface area contributed by atoms with Gasteiger partial charge in [-0.1, -0.05) is 0 Å². The van der Waals surface area contributed by atoms with E-state index >= 15 is 0 Å². The molecule has 0 aromatic heterocycles. The van der Waals surface area contributed by atoms with Gasteiger partial charge in [-0.3, -0.25) is 14.8 Å². The molecule has 1 aliphatic rings. The maximum absolute atomic E-state index is 11.2. The van der Waals surface area contributed by atoms with E-state index in [-0.39, 0.29) is 11.4 Å². The fourth-order valence-electron chi connectivity index (χ4n) is 1.43. The van der Waals surface area contributed by atoms with Gasteiger partial charge in [-0.15, -0.1) is 4.40 Å². The molecule has 2 rings (SSSR count). The van der Waals surface area contributed by atoms with Crippen molar-refractivity contribution in [1.82, 2.24) is 0 Å². The Morgan fingerprint density at radius 2 is 2.12 bits per heavy atom. The van der Waals surface area contributed by atoms with Crippen LogP contribution in [-0.2, 0) is 10.2 Å². The van der Waals surface area contributed by atoms with E-state index in [0.717, 1.165) is 0 Å². The topological polar surface area (TPSA) is 102 Å². The van der Waals surface area contributed by atoms with Crippen LogP contribution in [0.1, 0.15) is 12.5 Å². The smallest absolute Gasteiger partial charge is 0.264 e. The first-order valence-corrected chi connectivity index (χ1v) is 5.71. The van der Waals surface area contributed by atoms with Gasteiger partial charge in [-0.25, -0.2) is 0 Å². The van der Waals surface area contributed by atoms with Crippen LogP contribution in [0, 0.1) is 10.1 Å². The number of benzene rings is 1. The van der Waals surface area contributed by atoms with E-state index in [1.54, 1.807) is 0 Å². The van der Waals surface area contributed by atoms with Gasteiger partial charge < -0.3 is 0 Å². The molecule has 0 spiro atoms. The summed E-state index contributed by atoms with van der Waals surface area (Å²) in [5.74, 6) is 0. The van der Waals surface area contributed by atoms with Gasteiger partial charge in [-0.2, -0.15) is 8.42 Å². The highest BCUT2D eigenvalue weighted by molar-refractivity contribution is 7.91. The second kappa shape index (κ2) is 3.27. The predicted octanol–water partition coefficient (Wildman–Crippen LogP) is 1.07. The lowest BCUT2D eigenvalue weighted by Crippen LogP contribution is -2.19. The zero-order valence-electron chi connectivity index (χ0n) is 8.17. The predicted molar refractivity (Wildman–Crippen MR) is 57.8 cm³/mol. The van der Waals surface area contributed by atoms with Crippen LogP contribution < -0.4 is 4.72 Å². The van der Waals surface area contributed by atoms with Crippen LogP contribution in [0.3, 0.4) is 0 Å². The average molecular weight is 241 g/mol. The van der Waals surface area contributed by atoms with Gasteiger partial charge in [0.25, 0.3) is 5.69 Å². The van der Waals surface area contributed by atoms with E-state index in [4.69, 9.17) is 0 Å². The van der Waals surface area contributed by atoms with Crippen molar-refractivity contribution in [3.8, 4) is 0 Å². The average Bonchev–Trinajstić information content (AvgIpc) is 2.15. The minimum Gasteiger partial charge on any atom is -0.264 e. The molecule has 84 valence electrons. The molecule has 0 aliphatic carbocycles. The van der Waals surface area contributed by atoms with Crippen LogP contribution in [0.2, 0.25) is 0 Å². The molecule has 1 aliphatic heterocycles. The number of hydrogen-bond donors (Lipinski definition) is 1. The quantitative estimate of drug-likeness (QED) is 0.586. The summed E-state index contributed by atoms with van der Waals surface area (Å²) >= 11 is 0. The first-order chi connectivity index (χ1) is 7.39. The number of nitrogens with zero attached hydrogens (tertiary/aromatic N) is 2. The number of nitrogens with one attached hydrogen (secondary N) is 1. The van der Waals surface area contributed by atoms with Crippen LogP contribution in [0.4, 0.5) is 11.4 Å². The fourth-order valence-corrected chi connectivity index (χ4v) is 2.39. The van der Waals surface area contributed by atoms with Crippen LogP contribution in [0.5, 0.6) is 0 Å².